The highest BCUT2D eigenvalue weighted by Crippen LogP contribution is 2.24. The molecule has 0 aromatic heterocycles. The van der Waals surface area contributed by atoms with Gasteiger partial charge in [-0.05, 0) is 44.8 Å². The molecule has 0 radical (unpaired) electrons. The van der Waals surface area contributed by atoms with E-state index in [4.69, 9.17) is 17.0 Å². The smallest absolute Gasteiger partial charge is 0.169 e. The van der Waals surface area contributed by atoms with Crippen LogP contribution in [0.4, 0.5) is 0 Å². The summed E-state index contributed by atoms with van der Waals surface area (Å²) in [5.41, 5.74) is 0. The first-order valence-corrected chi connectivity index (χ1v) is 7.68. The second kappa shape index (κ2) is 6.20. The SMILES string of the molecule is CC1CN(C(=S)NC2CCCCC2C)CC(C)O1. The molecule has 3 nitrogen and oxygen atoms in total. The molecular weight excluding hydrogens is 244 g/mol. The molecule has 0 spiro atoms. The molecule has 18 heavy (non-hydrogen) atoms. The average molecular weight is 270 g/mol. The third-order valence-corrected chi connectivity index (χ3v) is 4.50. The third-order valence-electron chi connectivity index (χ3n) is 4.13. The van der Waals surface area contributed by atoms with Crippen LogP contribution in [0.5, 0.6) is 0 Å². The number of rotatable bonds is 1. The maximum Gasteiger partial charge on any atom is 0.169 e. The van der Waals surface area contributed by atoms with E-state index in [1.165, 1.54) is 25.7 Å². The van der Waals surface area contributed by atoms with Crippen LogP contribution in [0.15, 0.2) is 0 Å². The van der Waals surface area contributed by atoms with Crippen LogP contribution >= 0.6 is 12.2 Å². The number of nitrogens with one attached hydrogen (secondary N) is 1. The van der Waals surface area contributed by atoms with E-state index in [1.54, 1.807) is 0 Å². The maximum atomic E-state index is 5.75. The fourth-order valence-corrected chi connectivity index (χ4v) is 3.42. The van der Waals surface area contributed by atoms with Crippen molar-refractivity contribution in [2.75, 3.05) is 13.1 Å². The minimum absolute atomic E-state index is 0.275. The molecule has 0 bridgehead atoms. The zero-order chi connectivity index (χ0) is 13.1. The van der Waals surface area contributed by atoms with Gasteiger partial charge in [0.1, 0.15) is 0 Å². The molecule has 1 heterocycles. The second-order valence-corrected chi connectivity index (χ2v) is 6.37. The summed E-state index contributed by atoms with van der Waals surface area (Å²) < 4.78 is 5.75. The monoisotopic (exact) mass is 270 g/mol. The van der Waals surface area contributed by atoms with E-state index in [0.29, 0.717) is 6.04 Å². The molecule has 1 N–H and O–H groups in total. The minimum Gasteiger partial charge on any atom is -0.372 e. The molecule has 0 aromatic carbocycles. The molecule has 0 aromatic rings. The maximum absolute atomic E-state index is 5.75. The van der Waals surface area contributed by atoms with Gasteiger partial charge in [-0.2, -0.15) is 0 Å². The predicted molar refractivity (Wildman–Crippen MR) is 78.7 cm³/mol. The standard InChI is InChI=1S/C14H26N2OS/c1-10-6-4-5-7-13(10)15-14(18)16-8-11(2)17-12(3)9-16/h10-13H,4-9H2,1-3H3,(H,15,18). The van der Waals surface area contributed by atoms with Gasteiger partial charge in [0, 0.05) is 19.1 Å². The van der Waals surface area contributed by atoms with E-state index in [9.17, 15) is 0 Å². The van der Waals surface area contributed by atoms with Gasteiger partial charge < -0.3 is 15.0 Å². The zero-order valence-electron chi connectivity index (χ0n) is 11.8. The Morgan fingerprint density at radius 1 is 1.11 bits per heavy atom. The van der Waals surface area contributed by atoms with Gasteiger partial charge in [0.15, 0.2) is 5.11 Å². The lowest BCUT2D eigenvalue weighted by Gasteiger charge is -2.39. The van der Waals surface area contributed by atoms with Gasteiger partial charge in [-0.15, -0.1) is 0 Å². The Morgan fingerprint density at radius 3 is 2.33 bits per heavy atom. The Kier molecular flexibility index (Phi) is 4.84. The van der Waals surface area contributed by atoms with Gasteiger partial charge in [-0.3, -0.25) is 0 Å². The zero-order valence-corrected chi connectivity index (χ0v) is 12.6. The molecule has 1 aliphatic carbocycles. The number of hydrogen-bond acceptors (Lipinski definition) is 2. The van der Waals surface area contributed by atoms with Crippen molar-refractivity contribution in [1.82, 2.24) is 10.2 Å². The first-order chi connectivity index (χ1) is 8.56. The Morgan fingerprint density at radius 2 is 1.72 bits per heavy atom. The Balaban J connectivity index is 1.86. The van der Waals surface area contributed by atoms with Crippen molar-refractivity contribution in [1.29, 1.82) is 0 Å². The quantitative estimate of drug-likeness (QED) is 0.740. The summed E-state index contributed by atoms with van der Waals surface area (Å²) >= 11 is 5.57. The van der Waals surface area contributed by atoms with E-state index in [0.717, 1.165) is 24.1 Å². The van der Waals surface area contributed by atoms with Crippen LogP contribution in [0.3, 0.4) is 0 Å². The van der Waals surface area contributed by atoms with Gasteiger partial charge in [-0.25, -0.2) is 0 Å². The van der Waals surface area contributed by atoms with Crippen molar-refractivity contribution in [3.8, 4) is 0 Å². The van der Waals surface area contributed by atoms with Crippen LogP contribution < -0.4 is 5.32 Å². The summed E-state index contributed by atoms with van der Waals surface area (Å²) in [7, 11) is 0. The molecule has 0 amide bonds. The Labute approximate surface area is 116 Å². The molecule has 2 aliphatic rings. The molecular formula is C14H26N2OS. The minimum atomic E-state index is 0.275. The average Bonchev–Trinajstić information content (AvgIpc) is 2.31. The lowest BCUT2D eigenvalue weighted by atomic mass is 9.86. The number of thiocarbonyl (C=S) groups is 1. The fourth-order valence-electron chi connectivity index (χ4n) is 3.12. The predicted octanol–water partition coefficient (Wildman–Crippen LogP) is 2.55. The Bertz CT molecular complexity index is 288. The second-order valence-electron chi connectivity index (χ2n) is 5.98. The van der Waals surface area contributed by atoms with E-state index in [-0.39, 0.29) is 12.2 Å². The highest BCUT2D eigenvalue weighted by Gasteiger charge is 2.27. The molecule has 2 rings (SSSR count). The molecule has 2 fully saturated rings. The molecule has 4 atom stereocenters. The lowest BCUT2D eigenvalue weighted by Crippen LogP contribution is -2.54. The van der Waals surface area contributed by atoms with Gasteiger partial charge in [0.2, 0.25) is 0 Å². The molecule has 4 unspecified atom stereocenters. The van der Waals surface area contributed by atoms with Crippen LogP contribution in [0.1, 0.15) is 46.5 Å². The third kappa shape index (κ3) is 3.58. The van der Waals surface area contributed by atoms with Crippen molar-refractivity contribution in [2.45, 2.75) is 64.7 Å². The van der Waals surface area contributed by atoms with Crippen molar-refractivity contribution in [2.24, 2.45) is 5.92 Å². The van der Waals surface area contributed by atoms with Crippen LogP contribution in [0.25, 0.3) is 0 Å². The highest BCUT2D eigenvalue weighted by atomic mass is 32.1. The highest BCUT2D eigenvalue weighted by molar-refractivity contribution is 7.80. The van der Waals surface area contributed by atoms with Gasteiger partial charge in [-0.1, -0.05) is 19.8 Å². The van der Waals surface area contributed by atoms with Gasteiger partial charge in [0.05, 0.1) is 12.2 Å². The topological polar surface area (TPSA) is 24.5 Å². The number of hydrogen-bond donors (Lipinski definition) is 1. The van der Waals surface area contributed by atoms with Crippen molar-refractivity contribution < 1.29 is 4.74 Å². The summed E-state index contributed by atoms with van der Waals surface area (Å²) in [6.45, 7) is 8.40. The van der Waals surface area contributed by atoms with Crippen LogP contribution in [0, 0.1) is 5.92 Å². The fraction of sp³-hybridized carbons (Fsp3) is 0.929. The van der Waals surface area contributed by atoms with E-state index < -0.39 is 0 Å². The first kappa shape index (κ1) is 14.1. The molecule has 1 aliphatic heterocycles. The van der Waals surface area contributed by atoms with Crippen LogP contribution in [-0.2, 0) is 4.74 Å². The van der Waals surface area contributed by atoms with Crippen molar-refractivity contribution in [3.63, 3.8) is 0 Å². The van der Waals surface area contributed by atoms with Crippen molar-refractivity contribution >= 4 is 17.3 Å². The summed E-state index contributed by atoms with van der Waals surface area (Å²) in [5.74, 6) is 0.743. The summed E-state index contributed by atoms with van der Waals surface area (Å²) in [4.78, 5) is 2.27. The van der Waals surface area contributed by atoms with Crippen LogP contribution in [-0.4, -0.2) is 41.4 Å². The van der Waals surface area contributed by atoms with E-state index in [1.807, 2.05) is 0 Å². The van der Waals surface area contributed by atoms with Crippen LogP contribution in [0.2, 0.25) is 0 Å². The number of nitrogens with zero attached hydrogens (tertiary/aromatic N) is 1. The van der Waals surface area contributed by atoms with Crippen molar-refractivity contribution in [3.05, 3.63) is 0 Å². The van der Waals surface area contributed by atoms with Gasteiger partial charge >= 0.3 is 0 Å². The summed E-state index contributed by atoms with van der Waals surface area (Å²) in [5, 5.41) is 4.51. The normalized spacial score (nSPS) is 37.4. The Hall–Kier alpha value is -0.350. The summed E-state index contributed by atoms with van der Waals surface area (Å²) in [6.07, 6.45) is 5.85. The number of ether oxygens (including phenoxy) is 1. The molecule has 1 saturated carbocycles. The van der Waals surface area contributed by atoms with E-state index >= 15 is 0 Å². The molecule has 104 valence electrons. The molecule has 1 saturated heterocycles. The van der Waals surface area contributed by atoms with Gasteiger partial charge in [0.25, 0.3) is 0 Å². The largest absolute Gasteiger partial charge is 0.372 e. The first-order valence-electron chi connectivity index (χ1n) is 7.27. The van der Waals surface area contributed by atoms with E-state index in [2.05, 4.69) is 31.0 Å². The summed E-state index contributed by atoms with van der Waals surface area (Å²) in [6, 6.07) is 0.569. The lowest BCUT2D eigenvalue weighted by molar-refractivity contribution is -0.0484. The molecule has 4 heteroatoms. The number of morpholine rings is 1.